The Balaban J connectivity index is 1.56. The summed E-state index contributed by atoms with van der Waals surface area (Å²) >= 11 is 0. The van der Waals surface area contributed by atoms with Crippen molar-refractivity contribution in [2.75, 3.05) is 12.3 Å². The average molecular weight is 271 g/mol. The van der Waals surface area contributed by atoms with E-state index in [0.717, 1.165) is 19.4 Å². The zero-order valence-electron chi connectivity index (χ0n) is 11.1. The van der Waals surface area contributed by atoms with Crippen molar-refractivity contribution in [3.05, 3.63) is 42.4 Å². The van der Waals surface area contributed by atoms with Crippen LogP contribution in [0.15, 0.2) is 36.8 Å². The number of rotatable bonds is 5. The Labute approximate surface area is 117 Å². The van der Waals surface area contributed by atoms with Gasteiger partial charge >= 0.3 is 0 Å². The van der Waals surface area contributed by atoms with Gasteiger partial charge in [0, 0.05) is 37.1 Å². The van der Waals surface area contributed by atoms with Crippen LogP contribution in [0.1, 0.15) is 23.2 Å². The summed E-state index contributed by atoms with van der Waals surface area (Å²) in [5.74, 6) is 0.308. The summed E-state index contributed by atoms with van der Waals surface area (Å²) in [6.45, 7) is 1.51. The average Bonchev–Trinajstić information content (AvgIpc) is 3.01. The Bertz CT molecular complexity index is 587. The quantitative estimate of drug-likeness (QED) is 0.851. The second-order valence-corrected chi connectivity index (χ2v) is 5.36. The predicted octanol–water partition coefficient (Wildman–Crippen LogP) is 1.07. The molecule has 0 aromatic carbocycles. The van der Waals surface area contributed by atoms with E-state index in [4.69, 9.17) is 5.73 Å². The number of carbonyl (C=O) groups excluding carboxylic acids is 1. The summed E-state index contributed by atoms with van der Waals surface area (Å²) in [7, 11) is 0. The summed E-state index contributed by atoms with van der Waals surface area (Å²) < 4.78 is 1.92. The van der Waals surface area contributed by atoms with Gasteiger partial charge in [0.05, 0.1) is 5.56 Å². The number of aromatic nitrogens is 3. The zero-order valence-corrected chi connectivity index (χ0v) is 11.1. The fourth-order valence-electron chi connectivity index (χ4n) is 2.21. The van der Waals surface area contributed by atoms with E-state index in [2.05, 4.69) is 15.4 Å². The zero-order chi connectivity index (χ0) is 14.0. The minimum atomic E-state index is -0.107. The highest BCUT2D eigenvalue weighted by Crippen LogP contribution is 2.46. The highest BCUT2D eigenvalue weighted by molar-refractivity contribution is 5.94. The fourth-order valence-corrected chi connectivity index (χ4v) is 2.21. The van der Waals surface area contributed by atoms with Crippen LogP contribution in [-0.2, 0) is 6.54 Å². The minimum absolute atomic E-state index is 0.107. The van der Waals surface area contributed by atoms with E-state index in [9.17, 15) is 4.79 Å². The second kappa shape index (κ2) is 4.96. The van der Waals surface area contributed by atoms with Crippen molar-refractivity contribution < 1.29 is 4.79 Å². The number of nitrogens with zero attached hydrogens (tertiary/aromatic N) is 3. The molecule has 104 valence electrons. The summed E-state index contributed by atoms with van der Waals surface area (Å²) in [4.78, 5) is 15.9. The van der Waals surface area contributed by atoms with E-state index in [1.54, 1.807) is 18.3 Å². The SMILES string of the molecule is Nc1ccc(C(=O)NCC2(Cn3cccn3)CC2)cn1. The summed E-state index contributed by atoms with van der Waals surface area (Å²) in [6.07, 6.45) is 7.46. The largest absolute Gasteiger partial charge is 0.384 e. The fraction of sp³-hybridized carbons (Fsp3) is 0.357. The highest BCUT2D eigenvalue weighted by atomic mass is 16.1. The van der Waals surface area contributed by atoms with Crippen LogP contribution >= 0.6 is 0 Å². The number of carbonyl (C=O) groups is 1. The van der Waals surface area contributed by atoms with Crippen molar-refractivity contribution >= 4 is 11.7 Å². The van der Waals surface area contributed by atoms with Gasteiger partial charge in [-0.15, -0.1) is 0 Å². The van der Waals surface area contributed by atoms with Crippen LogP contribution < -0.4 is 11.1 Å². The molecule has 6 nitrogen and oxygen atoms in total. The van der Waals surface area contributed by atoms with Crippen molar-refractivity contribution in [2.45, 2.75) is 19.4 Å². The molecule has 1 fully saturated rings. The van der Waals surface area contributed by atoms with E-state index in [-0.39, 0.29) is 11.3 Å². The molecule has 0 aliphatic heterocycles. The number of anilines is 1. The molecule has 2 aromatic heterocycles. The Morgan fingerprint density at radius 1 is 1.45 bits per heavy atom. The van der Waals surface area contributed by atoms with Gasteiger partial charge in [-0.05, 0) is 31.0 Å². The van der Waals surface area contributed by atoms with Gasteiger partial charge in [-0.1, -0.05) is 0 Å². The molecule has 1 amide bonds. The summed E-state index contributed by atoms with van der Waals surface area (Å²) in [5.41, 5.74) is 6.20. The van der Waals surface area contributed by atoms with E-state index >= 15 is 0 Å². The van der Waals surface area contributed by atoms with Crippen molar-refractivity contribution in [1.29, 1.82) is 0 Å². The first-order valence-electron chi connectivity index (χ1n) is 6.64. The Morgan fingerprint density at radius 2 is 2.30 bits per heavy atom. The van der Waals surface area contributed by atoms with Gasteiger partial charge in [0.25, 0.3) is 5.91 Å². The maximum Gasteiger partial charge on any atom is 0.252 e. The molecular weight excluding hydrogens is 254 g/mol. The monoisotopic (exact) mass is 271 g/mol. The predicted molar refractivity (Wildman–Crippen MR) is 74.9 cm³/mol. The molecule has 6 heteroatoms. The lowest BCUT2D eigenvalue weighted by Gasteiger charge is -2.16. The van der Waals surface area contributed by atoms with Crippen LogP contribution in [0.5, 0.6) is 0 Å². The van der Waals surface area contributed by atoms with Crippen LogP contribution in [0.3, 0.4) is 0 Å². The first kappa shape index (κ1) is 12.7. The standard InChI is InChI=1S/C14H17N5O/c15-12-3-2-11(8-16-12)13(20)17-9-14(4-5-14)10-19-7-1-6-18-19/h1-3,6-8H,4-5,9-10H2,(H2,15,16)(H,17,20). The molecule has 0 unspecified atom stereocenters. The van der Waals surface area contributed by atoms with Gasteiger partial charge in [0.1, 0.15) is 5.82 Å². The van der Waals surface area contributed by atoms with Crippen LogP contribution in [0.4, 0.5) is 5.82 Å². The number of nitrogen functional groups attached to an aromatic ring is 1. The topological polar surface area (TPSA) is 85.8 Å². The maximum absolute atomic E-state index is 12.0. The molecule has 0 bridgehead atoms. The molecule has 0 radical (unpaired) electrons. The Kier molecular flexibility index (Phi) is 3.14. The number of nitrogens with one attached hydrogen (secondary N) is 1. The molecule has 2 heterocycles. The number of nitrogens with two attached hydrogens (primary N) is 1. The molecule has 2 aromatic rings. The minimum Gasteiger partial charge on any atom is -0.384 e. The molecule has 0 saturated heterocycles. The molecule has 1 saturated carbocycles. The first-order valence-corrected chi connectivity index (χ1v) is 6.64. The molecule has 20 heavy (non-hydrogen) atoms. The lowest BCUT2D eigenvalue weighted by Crippen LogP contribution is -2.32. The van der Waals surface area contributed by atoms with E-state index < -0.39 is 0 Å². The van der Waals surface area contributed by atoms with Crippen LogP contribution in [-0.4, -0.2) is 27.2 Å². The van der Waals surface area contributed by atoms with Gasteiger partial charge in [0.2, 0.25) is 0 Å². The molecule has 3 N–H and O–H groups in total. The molecular formula is C14H17N5O. The highest BCUT2D eigenvalue weighted by Gasteiger charge is 2.43. The third-order valence-electron chi connectivity index (χ3n) is 3.69. The van der Waals surface area contributed by atoms with Gasteiger partial charge in [-0.25, -0.2) is 4.98 Å². The van der Waals surface area contributed by atoms with Gasteiger partial charge < -0.3 is 11.1 Å². The van der Waals surface area contributed by atoms with Crippen molar-refractivity contribution in [2.24, 2.45) is 5.41 Å². The first-order chi connectivity index (χ1) is 9.67. The second-order valence-electron chi connectivity index (χ2n) is 5.36. The third-order valence-corrected chi connectivity index (χ3v) is 3.69. The van der Waals surface area contributed by atoms with Crippen LogP contribution in [0, 0.1) is 5.41 Å². The molecule has 0 atom stereocenters. The van der Waals surface area contributed by atoms with Crippen molar-refractivity contribution in [3.8, 4) is 0 Å². The number of amides is 1. The van der Waals surface area contributed by atoms with Crippen LogP contribution in [0.2, 0.25) is 0 Å². The molecule has 1 aliphatic carbocycles. The van der Waals surface area contributed by atoms with Gasteiger partial charge in [-0.2, -0.15) is 5.10 Å². The Hall–Kier alpha value is -2.37. The Morgan fingerprint density at radius 3 is 2.90 bits per heavy atom. The summed E-state index contributed by atoms with van der Waals surface area (Å²) in [6, 6.07) is 5.23. The smallest absolute Gasteiger partial charge is 0.252 e. The van der Waals surface area contributed by atoms with E-state index in [1.807, 2.05) is 16.9 Å². The van der Waals surface area contributed by atoms with Gasteiger partial charge in [-0.3, -0.25) is 9.48 Å². The lowest BCUT2D eigenvalue weighted by molar-refractivity contribution is 0.0942. The summed E-state index contributed by atoms with van der Waals surface area (Å²) in [5, 5.41) is 7.19. The number of hydrogen-bond acceptors (Lipinski definition) is 4. The third kappa shape index (κ3) is 2.79. The van der Waals surface area contributed by atoms with Gasteiger partial charge in [0.15, 0.2) is 0 Å². The van der Waals surface area contributed by atoms with E-state index in [1.165, 1.54) is 6.20 Å². The van der Waals surface area contributed by atoms with E-state index in [0.29, 0.717) is 17.9 Å². The van der Waals surface area contributed by atoms with Crippen LogP contribution in [0.25, 0.3) is 0 Å². The normalized spacial score (nSPS) is 15.8. The lowest BCUT2D eigenvalue weighted by atomic mass is 10.1. The van der Waals surface area contributed by atoms with Crippen molar-refractivity contribution in [1.82, 2.24) is 20.1 Å². The molecule has 0 spiro atoms. The van der Waals surface area contributed by atoms with Crippen molar-refractivity contribution in [3.63, 3.8) is 0 Å². The molecule has 3 rings (SSSR count). The maximum atomic E-state index is 12.0. The molecule has 1 aliphatic rings. The number of hydrogen-bond donors (Lipinski definition) is 2. The number of pyridine rings is 1.